The smallest absolute Gasteiger partial charge is 0.239 e. The Kier molecular flexibility index (Phi) is 3.27. The third-order valence-corrected chi connectivity index (χ3v) is 2.48. The molecule has 2 atom stereocenters. The van der Waals surface area contributed by atoms with E-state index in [-0.39, 0.29) is 17.9 Å². The summed E-state index contributed by atoms with van der Waals surface area (Å²) in [6, 6.07) is -0.426. The van der Waals surface area contributed by atoms with Crippen molar-refractivity contribution in [3.05, 3.63) is 0 Å². The molecular weight excluding hydrogens is 168 g/mol. The lowest BCUT2D eigenvalue weighted by Gasteiger charge is -2.22. The maximum Gasteiger partial charge on any atom is 0.239 e. The number of rotatable bonds is 2. The van der Waals surface area contributed by atoms with Gasteiger partial charge in [0.2, 0.25) is 5.91 Å². The monoisotopic (exact) mass is 186 g/mol. The van der Waals surface area contributed by atoms with Crippen LogP contribution in [0.25, 0.3) is 0 Å². The Bertz CT molecular complexity index is 194. The van der Waals surface area contributed by atoms with Gasteiger partial charge in [-0.15, -0.1) is 0 Å². The number of hydrogen-bond acceptors (Lipinski definition) is 3. The van der Waals surface area contributed by atoms with E-state index in [1.165, 1.54) is 0 Å². The number of aliphatic hydroxyl groups excluding tert-OH is 1. The second-order valence-corrected chi connectivity index (χ2v) is 4.00. The average molecular weight is 186 g/mol. The molecule has 0 bridgehead atoms. The molecule has 3 N–H and O–H groups in total. The van der Waals surface area contributed by atoms with Crippen molar-refractivity contribution in [1.29, 1.82) is 0 Å². The van der Waals surface area contributed by atoms with Crippen molar-refractivity contribution in [3.8, 4) is 0 Å². The summed E-state index contributed by atoms with van der Waals surface area (Å²) < 4.78 is 0. The Hall–Kier alpha value is -0.610. The molecule has 1 amide bonds. The zero-order valence-corrected chi connectivity index (χ0v) is 8.23. The van der Waals surface area contributed by atoms with Crippen LogP contribution in [-0.2, 0) is 4.79 Å². The topological polar surface area (TPSA) is 66.6 Å². The zero-order valence-electron chi connectivity index (χ0n) is 8.23. The molecular formula is C9H18N2O2. The minimum atomic E-state index is -0.426. The van der Waals surface area contributed by atoms with Crippen molar-refractivity contribution in [2.75, 3.05) is 13.1 Å². The van der Waals surface area contributed by atoms with Gasteiger partial charge in [0.25, 0.3) is 0 Å². The minimum absolute atomic E-state index is 0.0356. The largest absolute Gasteiger partial charge is 0.391 e. The first-order chi connectivity index (χ1) is 6.02. The van der Waals surface area contributed by atoms with Gasteiger partial charge in [-0.1, -0.05) is 13.8 Å². The van der Waals surface area contributed by atoms with Crippen LogP contribution < -0.4 is 5.73 Å². The van der Waals surface area contributed by atoms with Crippen molar-refractivity contribution in [3.63, 3.8) is 0 Å². The van der Waals surface area contributed by atoms with E-state index in [0.717, 1.165) is 0 Å². The molecule has 0 aromatic heterocycles. The fourth-order valence-corrected chi connectivity index (χ4v) is 1.44. The highest BCUT2D eigenvalue weighted by Gasteiger charge is 2.29. The fourth-order valence-electron chi connectivity index (χ4n) is 1.44. The van der Waals surface area contributed by atoms with Gasteiger partial charge in [0.05, 0.1) is 12.1 Å². The lowest BCUT2D eigenvalue weighted by atomic mass is 10.0. The second kappa shape index (κ2) is 4.07. The van der Waals surface area contributed by atoms with Gasteiger partial charge in [-0.05, 0) is 12.3 Å². The Labute approximate surface area is 78.7 Å². The van der Waals surface area contributed by atoms with Gasteiger partial charge in [0.1, 0.15) is 0 Å². The molecule has 0 saturated carbocycles. The zero-order chi connectivity index (χ0) is 10.0. The van der Waals surface area contributed by atoms with Gasteiger partial charge >= 0.3 is 0 Å². The van der Waals surface area contributed by atoms with E-state index < -0.39 is 6.04 Å². The average Bonchev–Trinajstić information content (AvgIpc) is 2.49. The number of likely N-dealkylation sites (tertiary alicyclic amines) is 1. The van der Waals surface area contributed by atoms with E-state index in [1.807, 2.05) is 13.8 Å². The summed E-state index contributed by atoms with van der Waals surface area (Å²) in [5.74, 6) is 0.122. The number of amides is 1. The molecule has 1 heterocycles. The number of nitrogens with zero attached hydrogens (tertiary/aromatic N) is 1. The van der Waals surface area contributed by atoms with Crippen LogP contribution >= 0.6 is 0 Å². The normalized spacial score (nSPS) is 25.3. The lowest BCUT2D eigenvalue weighted by Crippen LogP contribution is -2.45. The first kappa shape index (κ1) is 10.5. The van der Waals surface area contributed by atoms with Crippen LogP contribution in [0.15, 0.2) is 0 Å². The van der Waals surface area contributed by atoms with Crippen LogP contribution in [0.5, 0.6) is 0 Å². The summed E-state index contributed by atoms with van der Waals surface area (Å²) in [4.78, 5) is 13.3. The fraction of sp³-hybridized carbons (Fsp3) is 0.889. The van der Waals surface area contributed by atoms with Gasteiger partial charge in [0.15, 0.2) is 0 Å². The summed E-state index contributed by atoms with van der Waals surface area (Å²) in [5, 5.41) is 9.23. The highest BCUT2D eigenvalue weighted by Crippen LogP contribution is 2.12. The molecule has 0 unspecified atom stereocenters. The van der Waals surface area contributed by atoms with E-state index in [2.05, 4.69) is 0 Å². The summed E-state index contributed by atoms with van der Waals surface area (Å²) >= 11 is 0. The van der Waals surface area contributed by atoms with E-state index >= 15 is 0 Å². The predicted octanol–water partition coefficient (Wildman–Crippen LogP) is -0.437. The van der Waals surface area contributed by atoms with Crippen molar-refractivity contribution in [2.24, 2.45) is 11.7 Å². The van der Waals surface area contributed by atoms with E-state index in [9.17, 15) is 9.90 Å². The molecule has 0 aromatic carbocycles. The number of carbonyl (C=O) groups excluding carboxylic acids is 1. The van der Waals surface area contributed by atoms with Crippen LogP contribution in [-0.4, -0.2) is 41.1 Å². The van der Waals surface area contributed by atoms with Crippen molar-refractivity contribution < 1.29 is 9.90 Å². The van der Waals surface area contributed by atoms with Crippen LogP contribution in [0.1, 0.15) is 20.3 Å². The van der Waals surface area contributed by atoms with E-state index in [1.54, 1.807) is 4.90 Å². The number of aliphatic hydroxyl groups is 1. The van der Waals surface area contributed by atoms with E-state index in [4.69, 9.17) is 5.73 Å². The predicted molar refractivity (Wildman–Crippen MR) is 50.0 cm³/mol. The number of nitrogens with two attached hydrogens (primary N) is 1. The third-order valence-electron chi connectivity index (χ3n) is 2.48. The van der Waals surface area contributed by atoms with Crippen LogP contribution in [0, 0.1) is 5.92 Å². The lowest BCUT2D eigenvalue weighted by molar-refractivity contribution is -0.132. The van der Waals surface area contributed by atoms with Crippen LogP contribution in [0.2, 0.25) is 0 Å². The molecule has 0 aliphatic carbocycles. The molecule has 1 rings (SSSR count). The Morgan fingerprint density at radius 3 is 2.62 bits per heavy atom. The molecule has 13 heavy (non-hydrogen) atoms. The Morgan fingerprint density at radius 2 is 2.23 bits per heavy atom. The Morgan fingerprint density at radius 1 is 1.62 bits per heavy atom. The van der Waals surface area contributed by atoms with Crippen molar-refractivity contribution in [2.45, 2.75) is 32.4 Å². The van der Waals surface area contributed by atoms with Crippen molar-refractivity contribution >= 4 is 5.91 Å². The highest BCUT2D eigenvalue weighted by atomic mass is 16.3. The maximum atomic E-state index is 11.6. The van der Waals surface area contributed by atoms with Gasteiger partial charge < -0.3 is 15.7 Å². The quantitative estimate of drug-likeness (QED) is 0.614. The highest BCUT2D eigenvalue weighted by molar-refractivity contribution is 5.82. The molecule has 1 aliphatic rings. The van der Waals surface area contributed by atoms with Gasteiger partial charge in [-0.25, -0.2) is 0 Å². The molecule has 76 valence electrons. The van der Waals surface area contributed by atoms with Crippen molar-refractivity contribution in [1.82, 2.24) is 4.90 Å². The molecule has 1 saturated heterocycles. The minimum Gasteiger partial charge on any atom is -0.391 e. The molecule has 0 spiro atoms. The number of β-amino-alcohol motifs (C(OH)–C–C–N with tert-alkyl or cyclic N) is 1. The molecule has 4 nitrogen and oxygen atoms in total. The summed E-state index contributed by atoms with van der Waals surface area (Å²) in [6.45, 7) is 4.93. The second-order valence-electron chi connectivity index (χ2n) is 4.00. The number of carbonyl (C=O) groups is 1. The molecule has 1 fully saturated rings. The number of hydrogen-bond donors (Lipinski definition) is 2. The Balaban J connectivity index is 2.48. The van der Waals surface area contributed by atoms with Gasteiger partial charge in [0, 0.05) is 13.1 Å². The third kappa shape index (κ3) is 2.42. The summed E-state index contributed by atoms with van der Waals surface area (Å²) in [7, 11) is 0. The standard InChI is InChI=1S/C9H18N2O2/c1-6(2)8(10)9(13)11-4-3-7(12)5-11/h6-8,12H,3-5,10H2,1-2H3/t7-,8-/m0/s1. The SMILES string of the molecule is CC(C)[C@H](N)C(=O)N1CC[C@H](O)C1. The van der Waals surface area contributed by atoms with Crippen LogP contribution in [0.4, 0.5) is 0 Å². The molecule has 0 radical (unpaired) electrons. The van der Waals surface area contributed by atoms with Gasteiger partial charge in [-0.2, -0.15) is 0 Å². The van der Waals surface area contributed by atoms with E-state index in [0.29, 0.717) is 19.5 Å². The molecule has 4 heteroatoms. The first-order valence-corrected chi connectivity index (χ1v) is 4.74. The van der Waals surface area contributed by atoms with Crippen LogP contribution in [0.3, 0.4) is 0 Å². The maximum absolute atomic E-state index is 11.6. The molecule has 0 aromatic rings. The first-order valence-electron chi connectivity index (χ1n) is 4.74. The summed E-state index contributed by atoms with van der Waals surface area (Å²) in [5.41, 5.74) is 5.71. The molecule has 1 aliphatic heterocycles. The summed E-state index contributed by atoms with van der Waals surface area (Å²) in [6.07, 6.45) is 0.319. The van der Waals surface area contributed by atoms with Gasteiger partial charge in [-0.3, -0.25) is 4.79 Å².